The molecule has 5 heteroatoms. The highest BCUT2D eigenvalue weighted by atomic mass is 35.5. The van der Waals surface area contributed by atoms with Crippen molar-refractivity contribution >= 4 is 39.3 Å². The van der Waals surface area contributed by atoms with Gasteiger partial charge in [-0.15, -0.1) is 0 Å². The van der Waals surface area contributed by atoms with Gasteiger partial charge in [-0.25, -0.2) is 4.98 Å². The molecule has 0 spiro atoms. The van der Waals surface area contributed by atoms with E-state index in [1.54, 1.807) is 24.3 Å². The Labute approximate surface area is 156 Å². The van der Waals surface area contributed by atoms with Gasteiger partial charge in [0.05, 0.1) is 17.8 Å². The number of rotatable bonds is 5. The third-order valence-corrected chi connectivity index (χ3v) is 4.13. The maximum absolute atomic E-state index is 11.9. The van der Waals surface area contributed by atoms with E-state index in [0.29, 0.717) is 39.7 Å². The van der Waals surface area contributed by atoms with Crippen LogP contribution in [0.1, 0.15) is 24.2 Å². The highest BCUT2D eigenvalue weighted by molar-refractivity contribution is 6.68. The van der Waals surface area contributed by atoms with Gasteiger partial charge in [0.25, 0.3) is 5.24 Å². The lowest BCUT2D eigenvalue weighted by molar-refractivity contribution is 0.108. The number of hydrogen-bond donors (Lipinski definition) is 0. The summed E-state index contributed by atoms with van der Waals surface area (Å²) < 4.78 is 5.77. The first-order valence-corrected chi connectivity index (χ1v) is 8.73. The molecule has 0 saturated heterocycles. The summed E-state index contributed by atoms with van der Waals surface area (Å²) in [7, 11) is 0. The minimum Gasteiger partial charge on any atom is -0.493 e. The van der Waals surface area contributed by atoms with E-state index < -0.39 is 5.24 Å². The zero-order valence-electron chi connectivity index (χ0n) is 13.9. The van der Waals surface area contributed by atoms with Gasteiger partial charge < -0.3 is 4.74 Å². The summed E-state index contributed by atoms with van der Waals surface area (Å²) in [6, 6.07) is 14.6. The van der Waals surface area contributed by atoms with Crippen molar-refractivity contribution in [2.24, 2.45) is 5.92 Å². The number of benzene rings is 2. The van der Waals surface area contributed by atoms with Crippen LogP contribution in [0.2, 0.25) is 5.02 Å². The van der Waals surface area contributed by atoms with Gasteiger partial charge >= 0.3 is 0 Å². The Bertz CT molecular complexity index is 938. The first-order valence-electron chi connectivity index (χ1n) is 7.97. The summed E-state index contributed by atoms with van der Waals surface area (Å²) in [5.74, 6) is 1.20. The predicted molar refractivity (Wildman–Crippen MR) is 103 cm³/mol. The minimum atomic E-state index is -0.539. The van der Waals surface area contributed by atoms with Crippen molar-refractivity contribution in [2.45, 2.75) is 13.8 Å². The van der Waals surface area contributed by atoms with Crippen LogP contribution in [-0.4, -0.2) is 16.8 Å². The normalized spacial score (nSPS) is 11.1. The predicted octanol–water partition coefficient (Wildman–Crippen LogP) is 5.97. The maximum atomic E-state index is 11.9. The van der Waals surface area contributed by atoms with Gasteiger partial charge in [0.1, 0.15) is 5.75 Å². The Kier molecular flexibility index (Phi) is 5.26. The van der Waals surface area contributed by atoms with Crippen LogP contribution in [0.5, 0.6) is 5.75 Å². The van der Waals surface area contributed by atoms with Crippen molar-refractivity contribution in [2.75, 3.05) is 6.61 Å². The molecule has 128 valence electrons. The second-order valence-electron chi connectivity index (χ2n) is 6.22. The Morgan fingerprint density at radius 2 is 1.96 bits per heavy atom. The zero-order chi connectivity index (χ0) is 18.0. The monoisotopic (exact) mass is 373 g/mol. The zero-order valence-corrected chi connectivity index (χ0v) is 15.4. The number of ether oxygens (including phenoxy) is 1. The summed E-state index contributed by atoms with van der Waals surface area (Å²) in [4.78, 5) is 16.5. The first-order chi connectivity index (χ1) is 11.9. The Morgan fingerprint density at radius 3 is 2.68 bits per heavy atom. The van der Waals surface area contributed by atoms with Gasteiger partial charge in [0, 0.05) is 21.5 Å². The Morgan fingerprint density at radius 1 is 1.16 bits per heavy atom. The van der Waals surface area contributed by atoms with Crippen molar-refractivity contribution < 1.29 is 9.53 Å². The number of halogens is 2. The van der Waals surface area contributed by atoms with E-state index in [-0.39, 0.29) is 0 Å². The van der Waals surface area contributed by atoms with Gasteiger partial charge in [-0.3, -0.25) is 4.79 Å². The van der Waals surface area contributed by atoms with Crippen molar-refractivity contribution in [3.05, 3.63) is 59.1 Å². The molecule has 0 N–H and O–H groups in total. The molecule has 0 saturated carbocycles. The van der Waals surface area contributed by atoms with E-state index in [1.807, 2.05) is 24.3 Å². The Hall–Kier alpha value is -2.10. The van der Waals surface area contributed by atoms with Crippen LogP contribution in [0.15, 0.2) is 48.5 Å². The molecular formula is C20H17Cl2NO2. The van der Waals surface area contributed by atoms with E-state index in [2.05, 4.69) is 18.8 Å². The number of carbonyl (C=O) groups is 1. The van der Waals surface area contributed by atoms with Gasteiger partial charge in [0.15, 0.2) is 0 Å². The lowest BCUT2D eigenvalue weighted by Gasteiger charge is -2.11. The standard InChI is InChI=1S/C20H17Cl2NO2/c1-12(2)11-25-15-5-3-4-13(8-15)19-10-17(20(22)24)16-9-14(21)6-7-18(16)23-19/h3-10,12H,11H2,1-2H3. The van der Waals surface area contributed by atoms with Crippen LogP contribution >= 0.6 is 23.2 Å². The summed E-state index contributed by atoms with van der Waals surface area (Å²) in [6.45, 7) is 4.83. The molecule has 1 heterocycles. The van der Waals surface area contributed by atoms with Crippen LogP contribution in [0, 0.1) is 5.92 Å². The topological polar surface area (TPSA) is 39.2 Å². The van der Waals surface area contributed by atoms with Gasteiger partial charge in [0.2, 0.25) is 0 Å². The van der Waals surface area contributed by atoms with Gasteiger partial charge in [-0.1, -0.05) is 37.6 Å². The van der Waals surface area contributed by atoms with Crippen LogP contribution < -0.4 is 4.74 Å². The van der Waals surface area contributed by atoms with E-state index in [4.69, 9.17) is 27.9 Å². The van der Waals surface area contributed by atoms with Crippen LogP contribution in [0.3, 0.4) is 0 Å². The molecule has 0 unspecified atom stereocenters. The summed E-state index contributed by atoms with van der Waals surface area (Å²) >= 11 is 11.8. The highest BCUT2D eigenvalue weighted by Gasteiger charge is 2.13. The number of pyridine rings is 1. The molecule has 0 aliphatic heterocycles. The van der Waals surface area contributed by atoms with E-state index >= 15 is 0 Å². The molecule has 2 aromatic carbocycles. The van der Waals surface area contributed by atoms with Crippen molar-refractivity contribution in [3.63, 3.8) is 0 Å². The van der Waals surface area contributed by atoms with Crippen molar-refractivity contribution in [1.29, 1.82) is 0 Å². The molecule has 3 aromatic rings. The molecule has 0 radical (unpaired) electrons. The van der Waals surface area contributed by atoms with Gasteiger partial charge in [-0.05, 0) is 53.9 Å². The largest absolute Gasteiger partial charge is 0.493 e. The van der Waals surface area contributed by atoms with E-state index in [1.165, 1.54) is 0 Å². The Balaban J connectivity index is 2.08. The number of carbonyl (C=O) groups excluding carboxylic acids is 1. The second-order valence-corrected chi connectivity index (χ2v) is 7.00. The molecule has 3 rings (SSSR count). The number of nitrogens with zero attached hydrogens (tertiary/aromatic N) is 1. The average Bonchev–Trinajstić information content (AvgIpc) is 2.59. The molecule has 1 aromatic heterocycles. The lowest BCUT2D eigenvalue weighted by atomic mass is 10.0. The average molecular weight is 374 g/mol. The molecule has 0 fully saturated rings. The fourth-order valence-electron chi connectivity index (χ4n) is 2.52. The molecule has 0 bridgehead atoms. The van der Waals surface area contributed by atoms with Crippen LogP contribution in [-0.2, 0) is 0 Å². The van der Waals surface area contributed by atoms with E-state index in [9.17, 15) is 4.79 Å². The quantitative estimate of drug-likeness (QED) is 0.517. The molecule has 3 nitrogen and oxygen atoms in total. The van der Waals surface area contributed by atoms with Crippen LogP contribution in [0.4, 0.5) is 0 Å². The van der Waals surface area contributed by atoms with Crippen molar-refractivity contribution in [1.82, 2.24) is 4.98 Å². The molecular weight excluding hydrogens is 357 g/mol. The maximum Gasteiger partial charge on any atom is 0.253 e. The molecule has 0 atom stereocenters. The third kappa shape index (κ3) is 4.12. The second kappa shape index (κ2) is 7.42. The fraction of sp³-hybridized carbons (Fsp3) is 0.200. The molecule has 0 aliphatic carbocycles. The number of hydrogen-bond acceptors (Lipinski definition) is 3. The minimum absolute atomic E-state index is 0.387. The first kappa shape index (κ1) is 17.7. The fourth-order valence-corrected chi connectivity index (χ4v) is 2.85. The number of aromatic nitrogens is 1. The lowest BCUT2D eigenvalue weighted by Crippen LogP contribution is -2.04. The highest BCUT2D eigenvalue weighted by Crippen LogP contribution is 2.29. The van der Waals surface area contributed by atoms with E-state index in [0.717, 1.165) is 11.3 Å². The molecule has 0 aliphatic rings. The van der Waals surface area contributed by atoms with Crippen molar-refractivity contribution in [3.8, 4) is 17.0 Å². The SMILES string of the molecule is CC(C)COc1cccc(-c2cc(C(=O)Cl)c3cc(Cl)ccc3n2)c1. The van der Waals surface area contributed by atoms with Crippen LogP contribution in [0.25, 0.3) is 22.2 Å². The summed E-state index contributed by atoms with van der Waals surface area (Å²) in [5, 5.41) is 0.636. The third-order valence-electron chi connectivity index (χ3n) is 3.70. The molecule has 0 amide bonds. The smallest absolute Gasteiger partial charge is 0.253 e. The number of fused-ring (bicyclic) bond motifs is 1. The summed E-state index contributed by atoms with van der Waals surface area (Å²) in [6.07, 6.45) is 0. The van der Waals surface area contributed by atoms with Gasteiger partial charge in [-0.2, -0.15) is 0 Å². The summed E-state index contributed by atoms with van der Waals surface area (Å²) in [5.41, 5.74) is 2.57. The molecule has 25 heavy (non-hydrogen) atoms.